The first kappa shape index (κ1) is 18.1. The Labute approximate surface area is 163 Å². The van der Waals surface area contributed by atoms with Crippen LogP contribution in [0.2, 0.25) is 0 Å². The highest BCUT2D eigenvalue weighted by Gasteiger charge is 2.20. The van der Waals surface area contributed by atoms with Crippen LogP contribution in [0.15, 0.2) is 69.0 Å². The molecular formula is C19H14FN3O4S. The summed E-state index contributed by atoms with van der Waals surface area (Å²) in [5, 5.41) is 4.45. The molecule has 0 unspecified atom stereocenters. The number of nitrogens with zero attached hydrogens (tertiary/aromatic N) is 3. The second-order valence-electron chi connectivity index (χ2n) is 5.68. The Balaban J connectivity index is 1.52. The highest BCUT2D eigenvalue weighted by molar-refractivity contribution is 7.98. The molecule has 0 atom stereocenters. The van der Waals surface area contributed by atoms with Crippen LogP contribution in [0.25, 0.3) is 17.2 Å². The van der Waals surface area contributed by atoms with Crippen LogP contribution in [0.1, 0.15) is 16.2 Å². The smallest absolute Gasteiger partial charge is 0.357 e. The van der Waals surface area contributed by atoms with Gasteiger partial charge in [-0.2, -0.15) is 0 Å². The Bertz CT molecular complexity index is 1090. The highest BCUT2D eigenvalue weighted by Crippen LogP contribution is 2.24. The van der Waals surface area contributed by atoms with Crippen LogP contribution in [0.4, 0.5) is 4.39 Å². The largest absolute Gasteiger partial charge is 0.461 e. The van der Waals surface area contributed by atoms with Crippen LogP contribution in [-0.4, -0.2) is 26.9 Å². The van der Waals surface area contributed by atoms with E-state index >= 15 is 0 Å². The molecule has 0 radical (unpaired) electrons. The summed E-state index contributed by atoms with van der Waals surface area (Å²) in [6, 6.07) is 10.9. The zero-order valence-corrected chi connectivity index (χ0v) is 15.5. The van der Waals surface area contributed by atoms with E-state index in [9.17, 15) is 9.18 Å². The van der Waals surface area contributed by atoms with E-state index in [1.165, 1.54) is 36.4 Å². The maximum Gasteiger partial charge on any atom is 0.357 e. The van der Waals surface area contributed by atoms with Crippen molar-refractivity contribution in [2.45, 2.75) is 11.8 Å². The average Bonchev–Trinajstić information content (AvgIpc) is 3.46. The van der Waals surface area contributed by atoms with Gasteiger partial charge in [-0.05, 0) is 42.7 Å². The number of esters is 1. The van der Waals surface area contributed by atoms with Crippen LogP contribution >= 0.6 is 11.8 Å². The number of ether oxygens (including phenoxy) is 1. The van der Waals surface area contributed by atoms with Crippen LogP contribution in [0.3, 0.4) is 0 Å². The Hall–Kier alpha value is -3.33. The summed E-state index contributed by atoms with van der Waals surface area (Å²) in [5.41, 5.74) is 1.28. The van der Waals surface area contributed by atoms with Gasteiger partial charge >= 0.3 is 5.97 Å². The Morgan fingerprint density at radius 1 is 1.25 bits per heavy atom. The molecule has 0 aliphatic carbocycles. The van der Waals surface area contributed by atoms with Crippen molar-refractivity contribution in [3.05, 3.63) is 72.1 Å². The Morgan fingerprint density at radius 2 is 2.07 bits per heavy atom. The lowest BCUT2D eigenvalue weighted by Crippen LogP contribution is -2.12. The number of thioether (sulfide) groups is 1. The molecule has 4 aromatic rings. The van der Waals surface area contributed by atoms with Gasteiger partial charge in [0.05, 0.1) is 12.5 Å². The fourth-order valence-corrected chi connectivity index (χ4v) is 3.14. The number of hydrogen-bond donors (Lipinski definition) is 0. The first-order chi connectivity index (χ1) is 13.7. The van der Waals surface area contributed by atoms with Crippen LogP contribution in [0, 0.1) is 5.82 Å². The molecule has 142 valence electrons. The van der Waals surface area contributed by atoms with Crippen molar-refractivity contribution in [1.82, 2.24) is 14.7 Å². The molecule has 9 heteroatoms. The van der Waals surface area contributed by atoms with E-state index in [0.29, 0.717) is 28.1 Å². The van der Waals surface area contributed by atoms with Gasteiger partial charge in [0.25, 0.3) is 0 Å². The molecule has 28 heavy (non-hydrogen) atoms. The number of carbonyl (C=O) groups is 1. The molecule has 4 rings (SSSR count). The monoisotopic (exact) mass is 399 g/mol. The topological polar surface area (TPSA) is 83.3 Å². The van der Waals surface area contributed by atoms with Crippen molar-refractivity contribution >= 4 is 17.7 Å². The van der Waals surface area contributed by atoms with E-state index in [1.54, 1.807) is 34.9 Å². The van der Waals surface area contributed by atoms with Crippen LogP contribution in [0.5, 0.6) is 0 Å². The van der Waals surface area contributed by atoms with Gasteiger partial charge in [0.1, 0.15) is 18.1 Å². The molecule has 0 saturated carbocycles. The second kappa shape index (κ2) is 7.73. The Morgan fingerprint density at radius 3 is 2.79 bits per heavy atom. The lowest BCUT2D eigenvalue weighted by atomic mass is 10.3. The molecule has 3 heterocycles. The van der Waals surface area contributed by atoms with Gasteiger partial charge in [0, 0.05) is 11.8 Å². The molecule has 0 amide bonds. The van der Waals surface area contributed by atoms with E-state index in [1.807, 2.05) is 6.26 Å². The minimum absolute atomic E-state index is 0.0771. The normalized spacial score (nSPS) is 10.9. The third-order valence-electron chi connectivity index (χ3n) is 3.88. The van der Waals surface area contributed by atoms with Crippen molar-refractivity contribution < 1.29 is 22.9 Å². The lowest BCUT2D eigenvalue weighted by Gasteiger charge is -2.10. The standard InChI is InChI=1S/C19H14FN3O4S/c1-28-19-21-10-15(23(19)14-6-4-12(20)5-7-14)18(24)26-11-13-9-17(27-22-13)16-3-2-8-25-16/h2-10H,11H2,1H3. The van der Waals surface area contributed by atoms with Gasteiger partial charge in [-0.15, -0.1) is 0 Å². The molecule has 1 aromatic carbocycles. The number of aromatic nitrogens is 3. The molecule has 0 aliphatic rings. The minimum Gasteiger partial charge on any atom is -0.461 e. The summed E-state index contributed by atoms with van der Waals surface area (Å²) in [4.78, 5) is 16.8. The fourth-order valence-electron chi connectivity index (χ4n) is 2.59. The maximum absolute atomic E-state index is 13.2. The zero-order chi connectivity index (χ0) is 19.5. The van der Waals surface area contributed by atoms with Crippen molar-refractivity contribution in [2.75, 3.05) is 6.26 Å². The average molecular weight is 399 g/mol. The first-order valence-electron chi connectivity index (χ1n) is 8.20. The molecule has 7 nitrogen and oxygen atoms in total. The van der Waals surface area contributed by atoms with Gasteiger partial charge in [-0.3, -0.25) is 4.57 Å². The molecule has 0 fully saturated rings. The third-order valence-corrected chi connectivity index (χ3v) is 4.53. The lowest BCUT2D eigenvalue weighted by molar-refractivity contribution is 0.0454. The number of halogens is 1. The van der Waals surface area contributed by atoms with Gasteiger partial charge < -0.3 is 13.7 Å². The minimum atomic E-state index is -0.584. The van der Waals surface area contributed by atoms with E-state index in [-0.39, 0.29) is 18.1 Å². The molecule has 0 spiro atoms. The van der Waals surface area contributed by atoms with E-state index in [4.69, 9.17) is 13.7 Å². The SMILES string of the molecule is CSc1ncc(C(=O)OCc2cc(-c3ccco3)on2)n1-c1ccc(F)cc1. The molecule has 0 N–H and O–H groups in total. The van der Waals surface area contributed by atoms with Crippen molar-refractivity contribution in [3.63, 3.8) is 0 Å². The number of hydrogen-bond acceptors (Lipinski definition) is 7. The van der Waals surface area contributed by atoms with Crippen molar-refractivity contribution in [2.24, 2.45) is 0 Å². The predicted molar refractivity (Wildman–Crippen MR) is 98.6 cm³/mol. The Kier molecular flexibility index (Phi) is 4.98. The summed E-state index contributed by atoms with van der Waals surface area (Å²) < 4.78 is 30.6. The van der Waals surface area contributed by atoms with Crippen molar-refractivity contribution in [1.29, 1.82) is 0 Å². The van der Waals surface area contributed by atoms with E-state index in [0.717, 1.165) is 0 Å². The van der Waals surface area contributed by atoms with Crippen LogP contribution < -0.4 is 0 Å². The van der Waals surface area contributed by atoms with Gasteiger partial charge in [0.15, 0.2) is 16.6 Å². The predicted octanol–water partition coefficient (Wildman–Crippen LogP) is 4.34. The van der Waals surface area contributed by atoms with Crippen LogP contribution in [-0.2, 0) is 11.3 Å². The zero-order valence-electron chi connectivity index (χ0n) is 14.7. The summed E-state index contributed by atoms with van der Waals surface area (Å²) >= 11 is 1.36. The second-order valence-corrected chi connectivity index (χ2v) is 6.45. The maximum atomic E-state index is 13.2. The van der Waals surface area contributed by atoms with E-state index < -0.39 is 5.97 Å². The first-order valence-corrected chi connectivity index (χ1v) is 9.42. The van der Waals surface area contributed by atoms with E-state index in [2.05, 4.69) is 10.1 Å². The highest BCUT2D eigenvalue weighted by atomic mass is 32.2. The number of furan rings is 1. The molecular weight excluding hydrogens is 385 g/mol. The van der Waals surface area contributed by atoms with Gasteiger partial charge in [-0.1, -0.05) is 16.9 Å². The summed E-state index contributed by atoms with van der Waals surface area (Å²) in [6.07, 6.45) is 4.79. The molecule has 0 saturated heterocycles. The third kappa shape index (κ3) is 3.56. The van der Waals surface area contributed by atoms with Gasteiger partial charge in [-0.25, -0.2) is 14.2 Å². The molecule has 3 aromatic heterocycles. The number of imidazole rings is 1. The quantitative estimate of drug-likeness (QED) is 0.352. The summed E-state index contributed by atoms with van der Waals surface area (Å²) in [5.74, 6) is 0.0258. The fraction of sp³-hybridized carbons (Fsp3) is 0.105. The molecule has 0 bridgehead atoms. The number of carbonyl (C=O) groups excluding carboxylic acids is 1. The van der Waals surface area contributed by atoms with Crippen molar-refractivity contribution in [3.8, 4) is 17.2 Å². The van der Waals surface area contributed by atoms with Gasteiger partial charge in [0.2, 0.25) is 5.76 Å². The summed E-state index contributed by atoms with van der Waals surface area (Å²) in [7, 11) is 0. The summed E-state index contributed by atoms with van der Waals surface area (Å²) in [6.45, 7) is -0.0771. The number of rotatable bonds is 6. The number of benzene rings is 1. The molecule has 0 aliphatic heterocycles.